The molecule has 1 aromatic heterocycles. The van der Waals surface area contributed by atoms with Gasteiger partial charge in [-0.3, -0.25) is 4.68 Å². The normalized spacial score (nSPS) is 15.2. The summed E-state index contributed by atoms with van der Waals surface area (Å²) in [5, 5.41) is 14.3. The quantitative estimate of drug-likeness (QED) is 0.778. The van der Waals surface area contributed by atoms with E-state index < -0.39 is 5.60 Å². The van der Waals surface area contributed by atoms with Crippen LogP contribution in [-0.4, -0.2) is 28.1 Å². The molecule has 1 heterocycles. The smallest absolute Gasteiger partial charge is 0.113 e. The fraction of sp³-hybridized carbons (Fsp3) is 0.727. The lowest BCUT2D eigenvalue weighted by Gasteiger charge is -2.21. The van der Waals surface area contributed by atoms with E-state index in [0.29, 0.717) is 13.2 Å². The Morgan fingerprint density at radius 1 is 1.53 bits per heavy atom. The molecule has 4 nitrogen and oxygen atoms in total. The summed E-state index contributed by atoms with van der Waals surface area (Å²) < 4.78 is 7.08. The summed E-state index contributed by atoms with van der Waals surface area (Å²) in [7, 11) is 0. The Hall–Kier alpha value is -0.870. The molecule has 0 aliphatic rings. The topological polar surface area (TPSA) is 47.3 Å². The van der Waals surface area contributed by atoms with Gasteiger partial charge in [-0.25, -0.2) is 0 Å². The predicted molar refractivity (Wildman–Crippen MR) is 58.6 cm³/mol. The van der Waals surface area contributed by atoms with Crippen molar-refractivity contribution >= 4 is 0 Å². The van der Waals surface area contributed by atoms with Crippen molar-refractivity contribution < 1.29 is 9.84 Å². The first-order chi connectivity index (χ1) is 7.10. The molecule has 0 aliphatic carbocycles. The molecule has 0 amide bonds. The maximum atomic E-state index is 10.1. The second-order valence-electron chi connectivity index (χ2n) is 3.90. The molecule has 1 unspecified atom stereocenters. The molecule has 0 spiro atoms. The third kappa shape index (κ3) is 3.32. The molecule has 1 aromatic rings. The number of hydrogen-bond acceptors (Lipinski definition) is 3. The largest absolute Gasteiger partial charge is 0.383 e. The standard InChI is InChI=1S/C11H20N2O2/c1-4-6-13-8-10(7-12-13)11(3,14)9-15-5-2/h7-8,14H,4-6,9H2,1-3H3. The minimum atomic E-state index is -0.942. The second-order valence-corrected chi connectivity index (χ2v) is 3.90. The molecule has 0 fully saturated rings. The third-order valence-corrected chi connectivity index (χ3v) is 2.30. The molecule has 0 saturated carbocycles. The van der Waals surface area contributed by atoms with Crippen LogP contribution >= 0.6 is 0 Å². The summed E-state index contributed by atoms with van der Waals surface area (Å²) >= 11 is 0. The monoisotopic (exact) mass is 212 g/mol. The number of rotatable bonds is 6. The minimum Gasteiger partial charge on any atom is -0.383 e. The van der Waals surface area contributed by atoms with E-state index in [-0.39, 0.29) is 0 Å². The van der Waals surface area contributed by atoms with Gasteiger partial charge < -0.3 is 9.84 Å². The van der Waals surface area contributed by atoms with Crippen LogP contribution in [0, 0.1) is 0 Å². The maximum absolute atomic E-state index is 10.1. The molecule has 1 rings (SSSR count). The molecule has 4 heteroatoms. The molecular weight excluding hydrogens is 192 g/mol. The minimum absolute atomic E-state index is 0.307. The van der Waals surface area contributed by atoms with E-state index in [9.17, 15) is 5.11 Å². The number of aromatic nitrogens is 2. The first kappa shape index (κ1) is 12.2. The van der Waals surface area contributed by atoms with Crippen LogP contribution < -0.4 is 0 Å². The maximum Gasteiger partial charge on any atom is 0.113 e. The van der Waals surface area contributed by atoms with Crippen LogP contribution in [0.2, 0.25) is 0 Å². The van der Waals surface area contributed by atoms with Gasteiger partial charge in [0.15, 0.2) is 0 Å². The lowest BCUT2D eigenvalue weighted by atomic mass is 10.0. The second kappa shape index (κ2) is 5.28. The first-order valence-corrected chi connectivity index (χ1v) is 5.43. The molecule has 86 valence electrons. The Morgan fingerprint density at radius 3 is 2.87 bits per heavy atom. The van der Waals surface area contributed by atoms with Crippen molar-refractivity contribution in [3.8, 4) is 0 Å². The summed E-state index contributed by atoms with van der Waals surface area (Å²) in [6, 6.07) is 0. The van der Waals surface area contributed by atoms with Crippen molar-refractivity contribution in [1.29, 1.82) is 0 Å². The molecule has 15 heavy (non-hydrogen) atoms. The van der Waals surface area contributed by atoms with E-state index in [1.807, 2.05) is 17.8 Å². The van der Waals surface area contributed by atoms with Crippen LogP contribution in [0.5, 0.6) is 0 Å². The molecular formula is C11H20N2O2. The first-order valence-electron chi connectivity index (χ1n) is 5.43. The van der Waals surface area contributed by atoms with Crippen LogP contribution in [0.1, 0.15) is 32.8 Å². The van der Waals surface area contributed by atoms with Gasteiger partial charge in [-0.2, -0.15) is 5.10 Å². The van der Waals surface area contributed by atoms with Gasteiger partial charge >= 0.3 is 0 Å². The van der Waals surface area contributed by atoms with Gasteiger partial charge in [0.25, 0.3) is 0 Å². The Morgan fingerprint density at radius 2 is 2.27 bits per heavy atom. The number of hydrogen-bond donors (Lipinski definition) is 1. The number of nitrogens with zero attached hydrogens (tertiary/aromatic N) is 2. The number of ether oxygens (including phenoxy) is 1. The van der Waals surface area contributed by atoms with E-state index >= 15 is 0 Å². The third-order valence-electron chi connectivity index (χ3n) is 2.30. The molecule has 1 N–H and O–H groups in total. The lowest BCUT2D eigenvalue weighted by Crippen LogP contribution is -2.27. The molecule has 0 saturated heterocycles. The highest BCUT2D eigenvalue weighted by Gasteiger charge is 2.24. The van der Waals surface area contributed by atoms with E-state index in [2.05, 4.69) is 12.0 Å². The van der Waals surface area contributed by atoms with Gasteiger partial charge in [-0.1, -0.05) is 6.92 Å². The fourth-order valence-corrected chi connectivity index (χ4v) is 1.38. The lowest BCUT2D eigenvalue weighted by molar-refractivity contribution is -0.0344. The summed E-state index contributed by atoms with van der Waals surface area (Å²) in [4.78, 5) is 0. The van der Waals surface area contributed by atoms with Gasteiger partial charge in [0, 0.05) is 24.9 Å². The van der Waals surface area contributed by atoms with Crippen molar-refractivity contribution in [3.05, 3.63) is 18.0 Å². The Labute approximate surface area is 90.9 Å². The number of aryl methyl sites for hydroxylation is 1. The van der Waals surface area contributed by atoms with Gasteiger partial charge in [-0.05, 0) is 20.3 Å². The number of aliphatic hydroxyl groups is 1. The fourth-order valence-electron chi connectivity index (χ4n) is 1.38. The summed E-state index contributed by atoms with van der Waals surface area (Å²) in [6.45, 7) is 7.55. The Kier molecular flexibility index (Phi) is 4.29. The summed E-state index contributed by atoms with van der Waals surface area (Å²) in [5.41, 5.74) is -0.133. The van der Waals surface area contributed by atoms with E-state index in [4.69, 9.17) is 4.74 Å². The highest BCUT2D eigenvalue weighted by atomic mass is 16.5. The zero-order valence-electron chi connectivity index (χ0n) is 9.73. The van der Waals surface area contributed by atoms with Crippen molar-refractivity contribution in [1.82, 2.24) is 9.78 Å². The highest BCUT2D eigenvalue weighted by Crippen LogP contribution is 2.20. The average Bonchev–Trinajstić information content (AvgIpc) is 2.65. The zero-order chi connectivity index (χ0) is 11.3. The molecule has 0 radical (unpaired) electrons. The van der Waals surface area contributed by atoms with Gasteiger partial charge in [0.1, 0.15) is 5.60 Å². The van der Waals surface area contributed by atoms with Gasteiger partial charge in [-0.15, -0.1) is 0 Å². The van der Waals surface area contributed by atoms with E-state index in [0.717, 1.165) is 18.5 Å². The average molecular weight is 212 g/mol. The van der Waals surface area contributed by atoms with Crippen LogP contribution in [0.4, 0.5) is 0 Å². The zero-order valence-corrected chi connectivity index (χ0v) is 9.73. The van der Waals surface area contributed by atoms with Crippen molar-refractivity contribution in [2.75, 3.05) is 13.2 Å². The van der Waals surface area contributed by atoms with Gasteiger partial charge in [0.05, 0.1) is 12.8 Å². The molecule has 1 atom stereocenters. The summed E-state index contributed by atoms with van der Waals surface area (Å²) in [6.07, 6.45) is 4.62. The van der Waals surface area contributed by atoms with Crippen LogP contribution in [0.15, 0.2) is 12.4 Å². The predicted octanol–water partition coefficient (Wildman–Crippen LogP) is 1.54. The van der Waals surface area contributed by atoms with Crippen molar-refractivity contribution in [2.24, 2.45) is 0 Å². The Bertz CT molecular complexity index is 295. The highest BCUT2D eigenvalue weighted by molar-refractivity contribution is 5.13. The molecule has 0 aliphatic heterocycles. The van der Waals surface area contributed by atoms with Crippen LogP contribution in [-0.2, 0) is 16.9 Å². The SMILES string of the molecule is CCCn1cc(C(C)(O)COCC)cn1. The Balaban J connectivity index is 2.67. The van der Waals surface area contributed by atoms with Crippen molar-refractivity contribution in [2.45, 2.75) is 39.3 Å². The van der Waals surface area contributed by atoms with E-state index in [1.165, 1.54) is 0 Å². The van der Waals surface area contributed by atoms with Crippen molar-refractivity contribution in [3.63, 3.8) is 0 Å². The van der Waals surface area contributed by atoms with E-state index in [1.54, 1.807) is 13.1 Å². The molecule has 0 bridgehead atoms. The molecule has 0 aromatic carbocycles. The van der Waals surface area contributed by atoms with Gasteiger partial charge in [0.2, 0.25) is 0 Å². The van der Waals surface area contributed by atoms with Crippen LogP contribution in [0.25, 0.3) is 0 Å². The summed E-state index contributed by atoms with van der Waals surface area (Å²) in [5.74, 6) is 0. The van der Waals surface area contributed by atoms with Crippen LogP contribution in [0.3, 0.4) is 0 Å².